The summed E-state index contributed by atoms with van der Waals surface area (Å²) in [5.74, 6) is 0.424. The minimum atomic E-state index is -2.54. The lowest BCUT2D eigenvalue weighted by Gasteiger charge is -2.31. The second-order valence-corrected chi connectivity index (χ2v) is 11.4. The Morgan fingerprint density at radius 1 is 1.05 bits per heavy atom. The van der Waals surface area contributed by atoms with Gasteiger partial charge in [-0.1, -0.05) is 37.3 Å². The van der Waals surface area contributed by atoms with Gasteiger partial charge in [0.15, 0.2) is 8.03 Å². The van der Waals surface area contributed by atoms with Gasteiger partial charge in [-0.15, -0.1) is 0 Å². The van der Waals surface area contributed by atoms with E-state index >= 15 is 0 Å². The quantitative estimate of drug-likeness (QED) is 0.250. The van der Waals surface area contributed by atoms with Gasteiger partial charge in [0, 0.05) is 36.0 Å². The number of ether oxygens (including phenoxy) is 1. The number of hydrogen-bond donors (Lipinski definition) is 1. The molecule has 1 heterocycles. The van der Waals surface area contributed by atoms with Crippen LogP contribution in [-0.4, -0.2) is 33.0 Å². The summed E-state index contributed by atoms with van der Waals surface area (Å²) in [5.41, 5.74) is 5.25. The van der Waals surface area contributed by atoms with Crippen LogP contribution in [-0.2, 0) is 17.7 Å². The van der Waals surface area contributed by atoms with E-state index in [4.69, 9.17) is 4.74 Å². The molecular formula is C30H40FN2O3P. The standard InChI is InChI=1S/C30H40FN2O3P/c1-7-24(19-37(34)35)25-9-8-10-27(15-25)36-18-23-11-12-28(29-13-22(6)32-16-30(29)31)26(14-23)17-33(20(2)3)21(4)5/h8-16,20-21,24,37H,7,17-19H2,1-6H3,(H,34,35). The third kappa shape index (κ3) is 7.98. The van der Waals surface area contributed by atoms with E-state index < -0.39 is 8.03 Å². The van der Waals surface area contributed by atoms with Gasteiger partial charge in [0.25, 0.3) is 0 Å². The van der Waals surface area contributed by atoms with Gasteiger partial charge in [-0.05, 0) is 87.4 Å². The van der Waals surface area contributed by atoms with Gasteiger partial charge >= 0.3 is 0 Å². The van der Waals surface area contributed by atoms with E-state index in [1.54, 1.807) is 6.07 Å². The van der Waals surface area contributed by atoms with Crippen molar-refractivity contribution >= 4 is 8.03 Å². The first-order valence-electron chi connectivity index (χ1n) is 13.0. The predicted molar refractivity (Wildman–Crippen MR) is 150 cm³/mol. The molecule has 3 aromatic rings. The molecule has 200 valence electrons. The Kier molecular flexibility index (Phi) is 10.5. The molecule has 0 saturated carbocycles. The van der Waals surface area contributed by atoms with Gasteiger partial charge in [0.2, 0.25) is 0 Å². The van der Waals surface area contributed by atoms with Crippen LogP contribution in [0.1, 0.15) is 69.3 Å². The molecule has 2 atom stereocenters. The average Bonchev–Trinajstić information content (AvgIpc) is 2.85. The lowest BCUT2D eigenvalue weighted by Crippen LogP contribution is -2.36. The Balaban J connectivity index is 1.91. The van der Waals surface area contributed by atoms with Crippen molar-refractivity contribution in [3.05, 3.63) is 82.9 Å². The summed E-state index contributed by atoms with van der Waals surface area (Å²) in [4.78, 5) is 15.9. The van der Waals surface area contributed by atoms with Crippen LogP contribution in [0.3, 0.4) is 0 Å². The van der Waals surface area contributed by atoms with E-state index in [-0.39, 0.29) is 17.9 Å². The van der Waals surface area contributed by atoms with Crippen LogP contribution in [0, 0.1) is 12.7 Å². The lowest BCUT2D eigenvalue weighted by molar-refractivity contribution is 0.166. The SMILES string of the molecule is CCC(C[PH](=O)O)c1cccc(OCc2ccc(-c3cc(C)ncc3F)c(CN(C(C)C)C(C)C)c2)c1. The van der Waals surface area contributed by atoms with E-state index in [1.165, 1.54) is 6.20 Å². The van der Waals surface area contributed by atoms with Crippen LogP contribution in [0.25, 0.3) is 11.1 Å². The first-order chi connectivity index (χ1) is 17.6. The number of halogens is 1. The van der Waals surface area contributed by atoms with Crippen LogP contribution in [0.5, 0.6) is 5.75 Å². The summed E-state index contributed by atoms with van der Waals surface area (Å²) in [6.45, 7) is 13.6. The van der Waals surface area contributed by atoms with Gasteiger partial charge in [-0.2, -0.15) is 0 Å². The minimum absolute atomic E-state index is 0.0302. The van der Waals surface area contributed by atoms with Crippen molar-refractivity contribution in [2.24, 2.45) is 0 Å². The first-order valence-corrected chi connectivity index (χ1v) is 14.6. The van der Waals surface area contributed by atoms with Crippen molar-refractivity contribution in [2.45, 2.75) is 79.1 Å². The van der Waals surface area contributed by atoms with Crippen LogP contribution in [0.15, 0.2) is 54.7 Å². The van der Waals surface area contributed by atoms with Gasteiger partial charge < -0.3 is 9.63 Å². The van der Waals surface area contributed by atoms with Crippen LogP contribution in [0.4, 0.5) is 4.39 Å². The monoisotopic (exact) mass is 526 g/mol. The van der Waals surface area contributed by atoms with Crippen LogP contribution >= 0.6 is 8.03 Å². The topological polar surface area (TPSA) is 62.7 Å². The van der Waals surface area contributed by atoms with Crippen molar-refractivity contribution in [3.63, 3.8) is 0 Å². The number of nitrogens with zero attached hydrogens (tertiary/aromatic N) is 2. The summed E-state index contributed by atoms with van der Waals surface area (Å²) in [7, 11) is -2.54. The number of pyridine rings is 1. The Morgan fingerprint density at radius 2 is 1.78 bits per heavy atom. The molecule has 0 spiro atoms. The molecule has 0 aliphatic carbocycles. The number of hydrogen-bond acceptors (Lipinski definition) is 4. The molecule has 1 N–H and O–H groups in total. The highest BCUT2D eigenvalue weighted by molar-refractivity contribution is 7.38. The summed E-state index contributed by atoms with van der Waals surface area (Å²) in [6, 6.07) is 16.3. The van der Waals surface area contributed by atoms with E-state index in [0.717, 1.165) is 40.1 Å². The molecule has 2 aromatic carbocycles. The zero-order chi connectivity index (χ0) is 27.1. The number of benzene rings is 2. The van der Waals surface area contributed by atoms with E-state index in [0.29, 0.717) is 30.8 Å². The van der Waals surface area contributed by atoms with Crippen molar-refractivity contribution in [1.82, 2.24) is 9.88 Å². The predicted octanol–water partition coefficient (Wildman–Crippen LogP) is 7.35. The second kappa shape index (κ2) is 13.3. The molecule has 5 nitrogen and oxygen atoms in total. The van der Waals surface area contributed by atoms with Crippen LogP contribution in [0.2, 0.25) is 0 Å². The Bertz CT molecular complexity index is 1210. The Labute approximate surface area is 221 Å². The molecule has 0 fully saturated rings. The fourth-order valence-electron chi connectivity index (χ4n) is 4.77. The average molecular weight is 527 g/mol. The molecule has 2 unspecified atom stereocenters. The van der Waals surface area contributed by atoms with Crippen molar-refractivity contribution in [1.29, 1.82) is 0 Å². The Morgan fingerprint density at radius 3 is 2.43 bits per heavy atom. The summed E-state index contributed by atoms with van der Waals surface area (Å²) in [6.07, 6.45) is 2.36. The molecule has 0 saturated heterocycles. The van der Waals surface area contributed by atoms with E-state index in [2.05, 4.69) is 43.6 Å². The summed E-state index contributed by atoms with van der Waals surface area (Å²) < 4.78 is 32.4. The smallest absolute Gasteiger partial charge is 0.189 e. The fourth-order valence-corrected chi connectivity index (χ4v) is 5.72. The largest absolute Gasteiger partial charge is 0.489 e. The van der Waals surface area contributed by atoms with Crippen molar-refractivity contribution in [2.75, 3.05) is 6.16 Å². The normalized spacial score (nSPS) is 13.4. The molecule has 0 radical (unpaired) electrons. The number of rotatable bonds is 12. The highest BCUT2D eigenvalue weighted by atomic mass is 31.1. The molecule has 0 bridgehead atoms. The molecule has 0 amide bonds. The molecule has 37 heavy (non-hydrogen) atoms. The zero-order valence-electron chi connectivity index (χ0n) is 22.8. The third-order valence-corrected chi connectivity index (χ3v) is 7.62. The van der Waals surface area contributed by atoms with Gasteiger partial charge in [-0.3, -0.25) is 14.4 Å². The number of aromatic nitrogens is 1. The maximum Gasteiger partial charge on any atom is 0.189 e. The minimum Gasteiger partial charge on any atom is -0.489 e. The zero-order valence-corrected chi connectivity index (χ0v) is 23.8. The molecule has 7 heteroatoms. The van der Waals surface area contributed by atoms with Crippen molar-refractivity contribution < 1.29 is 18.6 Å². The van der Waals surface area contributed by atoms with Gasteiger partial charge in [-0.25, -0.2) is 4.39 Å². The molecule has 0 aliphatic heterocycles. The third-order valence-electron chi connectivity index (χ3n) is 6.78. The number of aryl methyl sites for hydroxylation is 1. The first kappa shape index (κ1) is 29.0. The summed E-state index contributed by atoms with van der Waals surface area (Å²) in [5, 5.41) is 0. The van der Waals surface area contributed by atoms with Crippen LogP contribution < -0.4 is 4.74 Å². The highest BCUT2D eigenvalue weighted by Crippen LogP contribution is 2.32. The molecule has 0 aliphatic rings. The van der Waals surface area contributed by atoms with E-state index in [9.17, 15) is 13.8 Å². The molecule has 3 rings (SSSR count). The Hall–Kier alpha value is -2.53. The molecular weight excluding hydrogens is 486 g/mol. The molecule has 1 aromatic heterocycles. The lowest BCUT2D eigenvalue weighted by atomic mass is 9.96. The van der Waals surface area contributed by atoms with Gasteiger partial charge in [0.05, 0.1) is 6.20 Å². The fraction of sp³-hybridized carbons (Fsp3) is 0.433. The second-order valence-electron chi connectivity index (χ2n) is 10.2. The van der Waals surface area contributed by atoms with Crippen molar-refractivity contribution in [3.8, 4) is 16.9 Å². The maximum atomic E-state index is 14.8. The highest BCUT2D eigenvalue weighted by Gasteiger charge is 2.19. The summed E-state index contributed by atoms with van der Waals surface area (Å²) >= 11 is 0. The van der Waals surface area contributed by atoms with E-state index in [1.807, 2.05) is 50.2 Å². The van der Waals surface area contributed by atoms with Gasteiger partial charge in [0.1, 0.15) is 18.2 Å². The maximum absolute atomic E-state index is 14.8.